The third-order valence-corrected chi connectivity index (χ3v) is 3.70. The molecule has 1 aromatic heterocycles. The highest BCUT2D eigenvalue weighted by Crippen LogP contribution is 2.31. The molecule has 1 aliphatic rings. The van der Waals surface area contributed by atoms with Crippen molar-refractivity contribution in [2.45, 2.75) is 64.0 Å². The van der Waals surface area contributed by atoms with Gasteiger partial charge in [0, 0.05) is 12.1 Å². The Hall–Kier alpha value is -1.36. The predicted octanol–water partition coefficient (Wildman–Crippen LogP) is 2.49. The second kappa shape index (κ2) is 5.74. The van der Waals surface area contributed by atoms with Crippen LogP contribution in [0.1, 0.15) is 58.4 Å². The minimum atomic E-state index is -0.814. The van der Waals surface area contributed by atoms with Crippen LogP contribution < -0.4 is 5.32 Å². The van der Waals surface area contributed by atoms with E-state index in [-0.39, 0.29) is 18.4 Å². The van der Waals surface area contributed by atoms with Crippen molar-refractivity contribution < 1.29 is 9.90 Å². The standard InChI is InChI=1S/C14H23N3O2/c1-11(2)17-12(6-9-15-17)16-13(18)10-14(19)7-4-3-5-8-14/h6,9,11,19H,3-5,7-8,10H2,1-2H3,(H,16,18). The minimum absolute atomic E-state index is 0.133. The summed E-state index contributed by atoms with van der Waals surface area (Å²) in [6, 6.07) is 1.98. The Balaban J connectivity index is 1.95. The van der Waals surface area contributed by atoms with Crippen LogP contribution >= 0.6 is 0 Å². The topological polar surface area (TPSA) is 67.2 Å². The first-order chi connectivity index (χ1) is 9.00. The van der Waals surface area contributed by atoms with Crippen LogP contribution in [0.5, 0.6) is 0 Å². The van der Waals surface area contributed by atoms with Crippen molar-refractivity contribution in [3.63, 3.8) is 0 Å². The van der Waals surface area contributed by atoms with Gasteiger partial charge >= 0.3 is 0 Å². The van der Waals surface area contributed by atoms with E-state index in [4.69, 9.17) is 0 Å². The molecule has 1 saturated carbocycles. The number of aromatic nitrogens is 2. The number of hydrogen-bond donors (Lipinski definition) is 2. The molecule has 0 unspecified atom stereocenters. The zero-order chi connectivity index (χ0) is 13.9. The maximum atomic E-state index is 12.0. The fraction of sp³-hybridized carbons (Fsp3) is 0.714. The Kier molecular flexibility index (Phi) is 4.24. The Morgan fingerprint density at radius 2 is 2.16 bits per heavy atom. The molecule has 0 spiro atoms. The quantitative estimate of drug-likeness (QED) is 0.879. The third-order valence-electron chi connectivity index (χ3n) is 3.70. The summed E-state index contributed by atoms with van der Waals surface area (Å²) in [5.41, 5.74) is -0.814. The minimum Gasteiger partial charge on any atom is -0.389 e. The molecule has 1 heterocycles. The zero-order valence-corrected chi connectivity index (χ0v) is 11.7. The van der Waals surface area contributed by atoms with Crippen molar-refractivity contribution in [2.24, 2.45) is 0 Å². The number of aliphatic hydroxyl groups is 1. The van der Waals surface area contributed by atoms with Crippen molar-refractivity contribution in [3.8, 4) is 0 Å². The van der Waals surface area contributed by atoms with Gasteiger partial charge in [0.1, 0.15) is 5.82 Å². The average molecular weight is 265 g/mol. The normalized spacial score (nSPS) is 18.5. The maximum absolute atomic E-state index is 12.0. The third kappa shape index (κ3) is 3.56. The Labute approximate surface area is 114 Å². The number of nitrogens with one attached hydrogen (secondary N) is 1. The van der Waals surface area contributed by atoms with E-state index in [1.165, 1.54) is 0 Å². The summed E-state index contributed by atoms with van der Waals surface area (Å²) in [4.78, 5) is 12.0. The van der Waals surface area contributed by atoms with Crippen LogP contribution in [-0.2, 0) is 4.79 Å². The van der Waals surface area contributed by atoms with Crippen molar-refractivity contribution in [3.05, 3.63) is 12.3 Å². The summed E-state index contributed by atoms with van der Waals surface area (Å²) in [6.07, 6.45) is 6.47. The average Bonchev–Trinajstić information content (AvgIpc) is 2.77. The molecule has 0 aliphatic heterocycles. The summed E-state index contributed by atoms with van der Waals surface area (Å²) < 4.78 is 1.77. The van der Waals surface area contributed by atoms with Crippen molar-refractivity contribution >= 4 is 11.7 Å². The van der Waals surface area contributed by atoms with Crippen molar-refractivity contribution in [1.82, 2.24) is 9.78 Å². The first-order valence-electron chi connectivity index (χ1n) is 7.06. The molecule has 0 bridgehead atoms. The van der Waals surface area contributed by atoms with Gasteiger partial charge in [-0.1, -0.05) is 19.3 Å². The van der Waals surface area contributed by atoms with Crippen LogP contribution in [0.25, 0.3) is 0 Å². The lowest BCUT2D eigenvalue weighted by Gasteiger charge is -2.31. The van der Waals surface area contributed by atoms with E-state index in [1.807, 2.05) is 13.8 Å². The van der Waals surface area contributed by atoms with Gasteiger partial charge in [0.15, 0.2) is 0 Å². The fourth-order valence-electron chi connectivity index (χ4n) is 2.70. The van der Waals surface area contributed by atoms with Gasteiger partial charge in [-0.15, -0.1) is 0 Å². The monoisotopic (exact) mass is 265 g/mol. The van der Waals surface area contributed by atoms with Crippen LogP contribution in [0.3, 0.4) is 0 Å². The summed E-state index contributed by atoms with van der Waals surface area (Å²) in [7, 11) is 0. The molecule has 0 aromatic carbocycles. The van der Waals surface area contributed by atoms with Crippen LogP contribution in [0.2, 0.25) is 0 Å². The predicted molar refractivity (Wildman–Crippen MR) is 73.9 cm³/mol. The Morgan fingerprint density at radius 1 is 1.47 bits per heavy atom. The summed E-state index contributed by atoms with van der Waals surface area (Å²) >= 11 is 0. The second-order valence-electron chi connectivity index (χ2n) is 5.76. The molecule has 1 amide bonds. The zero-order valence-electron chi connectivity index (χ0n) is 11.7. The summed E-state index contributed by atoms with van der Waals surface area (Å²) in [6.45, 7) is 4.02. The number of carbonyl (C=O) groups is 1. The lowest BCUT2D eigenvalue weighted by molar-refractivity contribution is -0.122. The smallest absolute Gasteiger partial charge is 0.228 e. The number of hydrogen-bond acceptors (Lipinski definition) is 3. The van der Waals surface area contributed by atoms with E-state index in [0.29, 0.717) is 5.82 Å². The first kappa shape index (κ1) is 14.1. The molecule has 1 fully saturated rings. The highest BCUT2D eigenvalue weighted by molar-refractivity contribution is 5.90. The molecule has 19 heavy (non-hydrogen) atoms. The molecule has 5 heteroatoms. The van der Waals surface area contributed by atoms with Crippen LogP contribution in [0, 0.1) is 0 Å². The summed E-state index contributed by atoms with van der Waals surface area (Å²) in [5, 5.41) is 17.4. The Morgan fingerprint density at radius 3 is 2.79 bits per heavy atom. The van der Waals surface area contributed by atoms with Crippen LogP contribution in [0.4, 0.5) is 5.82 Å². The molecule has 2 rings (SSSR count). The lowest BCUT2D eigenvalue weighted by atomic mass is 9.82. The molecule has 1 aliphatic carbocycles. The van der Waals surface area contributed by atoms with Crippen molar-refractivity contribution in [2.75, 3.05) is 5.32 Å². The van der Waals surface area contributed by atoms with Gasteiger partial charge in [0.25, 0.3) is 0 Å². The van der Waals surface area contributed by atoms with E-state index in [1.54, 1.807) is 16.9 Å². The molecule has 5 nitrogen and oxygen atoms in total. The molecular formula is C14H23N3O2. The van der Waals surface area contributed by atoms with Gasteiger partial charge in [-0.3, -0.25) is 4.79 Å². The van der Waals surface area contributed by atoms with Gasteiger partial charge < -0.3 is 10.4 Å². The molecule has 1 aromatic rings. The SMILES string of the molecule is CC(C)n1nccc1NC(=O)CC1(O)CCCCC1. The van der Waals surface area contributed by atoms with Gasteiger partial charge in [0.2, 0.25) is 5.91 Å². The number of anilines is 1. The van der Waals surface area contributed by atoms with Crippen molar-refractivity contribution in [1.29, 1.82) is 0 Å². The highest BCUT2D eigenvalue weighted by Gasteiger charge is 2.31. The Bertz CT molecular complexity index is 434. The number of carbonyl (C=O) groups excluding carboxylic acids is 1. The van der Waals surface area contributed by atoms with Gasteiger partial charge in [-0.2, -0.15) is 5.10 Å². The van der Waals surface area contributed by atoms with Crippen LogP contribution in [-0.4, -0.2) is 26.4 Å². The van der Waals surface area contributed by atoms with Crippen LogP contribution in [0.15, 0.2) is 12.3 Å². The van der Waals surface area contributed by atoms with Gasteiger partial charge in [-0.05, 0) is 26.7 Å². The second-order valence-corrected chi connectivity index (χ2v) is 5.76. The van der Waals surface area contributed by atoms with E-state index in [0.717, 1.165) is 32.1 Å². The van der Waals surface area contributed by atoms with E-state index in [2.05, 4.69) is 10.4 Å². The highest BCUT2D eigenvalue weighted by atomic mass is 16.3. The van der Waals surface area contributed by atoms with E-state index in [9.17, 15) is 9.90 Å². The fourth-order valence-corrected chi connectivity index (χ4v) is 2.70. The molecule has 0 saturated heterocycles. The molecule has 106 valence electrons. The largest absolute Gasteiger partial charge is 0.389 e. The number of nitrogens with zero attached hydrogens (tertiary/aromatic N) is 2. The molecule has 2 N–H and O–H groups in total. The van der Waals surface area contributed by atoms with Gasteiger partial charge in [0.05, 0.1) is 18.2 Å². The number of amides is 1. The van der Waals surface area contributed by atoms with E-state index < -0.39 is 5.60 Å². The van der Waals surface area contributed by atoms with Gasteiger partial charge in [-0.25, -0.2) is 4.68 Å². The van der Waals surface area contributed by atoms with E-state index >= 15 is 0 Å². The first-order valence-corrected chi connectivity index (χ1v) is 7.06. The summed E-state index contributed by atoms with van der Waals surface area (Å²) in [5.74, 6) is 0.561. The lowest BCUT2D eigenvalue weighted by Crippen LogP contribution is -2.36. The molecule has 0 atom stereocenters. The molecular weight excluding hydrogens is 242 g/mol. The molecule has 0 radical (unpaired) electrons. The number of rotatable bonds is 4. The maximum Gasteiger partial charge on any atom is 0.228 e.